The van der Waals surface area contributed by atoms with E-state index in [4.69, 9.17) is 0 Å². The van der Waals surface area contributed by atoms with Gasteiger partial charge in [0, 0.05) is 32.7 Å². The molecule has 9 heteroatoms. The normalized spacial score (nSPS) is 17.1. The maximum absolute atomic E-state index is 12.6. The zero-order valence-electron chi connectivity index (χ0n) is 16.6. The third kappa shape index (κ3) is 6.88. The molecule has 8 nitrogen and oxygen atoms in total. The fourth-order valence-electron chi connectivity index (χ4n) is 3.00. The number of carbonyl (C=O) groups is 2. The number of nitrogens with zero attached hydrogens (tertiary/aromatic N) is 2. The molecule has 2 N–H and O–H groups in total. The average molecular weight is 411 g/mol. The SMILES string of the molecule is CCCNC(=O)[C@H](C)NC(=O)CN1CCN(S(=O)(=O)Cc2ccccc2)CC1. The molecule has 0 aliphatic carbocycles. The van der Waals surface area contributed by atoms with Crippen LogP contribution >= 0.6 is 0 Å². The summed E-state index contributed by atoms with van der Waals surface area (Å²) in [5, 5.41) is 5.43. The molecule has 0 spiro atoms. The van der Waals surface area contributed by atoms with E-state index in [-0.39, 0.29) is 24.1 Å². The second-order valence-corrected chi connectivity index (χ2v) is 8.97. The molecule has 2 rings (SSSR count). The van der Waals surface area contributed by atoms with Crippen LogP contribution in [0.25, 0.3) is 0 Å². The van der Waals surface area contributed by atoms with Crippen LogP contribution in [0, 0.1) is 0 Å². The third-order valence-corrected chi connectivity index (χ3v) is 6.45. The first-order chi connectivity index (χ1) is 13.3. The number of benzene rings is 1. The first kappa shape index (κ1) is 22.3. The first-order valence-electron chi connectivity index (χ1n) is 9.63. The smallest absolute Gasteiger partial charge is 0.242 e. The molecule has 1 saturated heterocycles. The van der Waals surface area contributed by atoms with Gasteiger partial charge in [0.15, 0.2) is 0 Å². The van der Waals surface area contributed by atoms with Crippen molar-refractivity contribution >= 4 is 21.8 Å². The highest BCUT2D eigenvalue weighted by Crippen LogP contribution is 2.13. The third-order valence-electron chi connectivity index (χ3n) is 4.60. The molecular formula is C19H30N4O4S. The fourth-order valence-corrected chi connectivity index (χ4v) is 4.51. The van der Waals surface area contributed by atoms with Crippen LogP contribution in [0.3, 0.4) is 0 Å². The molecule has 1 aliphatic heterocycles. The molecule has 1 atom stereocenters. The topological polar surface area (TPSA) is 98.8 Å². The quantitative estimate of drug-likeness (QED) is 0.605. The summed E-state index contributed by atoms with van der Waals surface area (Å²) in [7, 11) is -3.37. The molecule has 0 aromatic heterocycles. The highest BCUT2D eigenvalue weighted by Gasteiger charge is 2.28. The summed E-state index contributed by atoms with van der Waals surface area (Å²) in [5.41, 5.74) is 0.764. The molecule has 1 fully saturated rings. The number of hydrogen-bond donors (Lipinski definition) is 2. The standard InChI is InChI=1S/C19H30N4O4S/c1-3-9-20-19(25)16(2)21-18(24)14-22-10-12-23(13-11-22)28(26,27)15-17-7-5-4-6-8-17/h4-8,16H,3,9-15H2,1-2H3,(H,20,25)(H,21,24)/t16-/m0/s1. The van der Waals surface area contributed by atoms with E-state index in [1.165, 1.54) is 4.31 Å². The van der Waals surface area contributed by atoms with Gasteiger partial charge in [-0.05, 0) is 18.9 Å². The number of carbonyl (C=O) groups excluding carboxylic acids is 2. The Morgan fingerprint density at radius 1 is 1.11 bits per heavy atom. The fraction of sp³-hybridized carbons (Fsp3) is 0.579. The monoisotopic (exact) mass is 410 g/mol. The lowest BCUT2D eigenvalue weighted by molar-refractivity contribution is -0.129. The van der Waals surface area contributed by atoms with Gasteiger partial charge < -0.3 is 10.6 Å². The minimum absolute atomic E-state index is 0.0152. The van der Waals surface area contributed by atoms with Crippen molar-refractivity contribution in [1.82, 2.24) is 19.8 Å². The van der Waals surface area contributed by atoms with Gasteiger partial charge in [-0.25, -0.2) is 8.42 Å². The zero-order chi connectivity index (χ0) is 20.6. The Hall–Kier alpha value is -1.97. The Labute approximate surface area is 167 Å². The Morgan fingerprint density at radius 2 is 1.75 bits per heavy atom. The van der Waals surface area contributed by atoms with Crippen LogP contribution in [-0.2, 0) is 25.4 Å². The van der Waals surface area contributed by atoms with Crippen molar-refractivity contribution in [2.24, 2.45) is 0 Å². The minimum Gasteiger partial charge on any atom is -0.354 e. The Balaban J connectivity index is 1.77. The first-order valence-corrected chi connectivity index (χ1v) is 11.2. The maximum atomic E-state index is 12.6. The van der Waals surface area contributed by atoms with Gasteiger partial charge in [0.05, 0.1) is 12.3 Å². The minimum atomic E-state index is -3.37. The van der Waals surface area contributed by atoms with E-state index in [2.05, 4.69) is 10.6 Å². The highest BCUT2D eigenvalue weighted by atomic mass is 32.2. The van der Waals surface area contributed by atoms with Gasteiger partial charge in [-0.1, -0.05) is 37.3 Å². The molecule has 156 valence electrons. The highest BCUT2D eigenvalue weighted by molar-refractivity contribution is 7.88. The van der Waals surface area contributed by atoms with E-state index in [0.717, 1.165) is 12.0 Å². The lowest BCUT2D eigenvalue weighted by Crippen LogP contribution is -2.53. The van der Waals surface area contributed by atoms with Gasteiger partial charge in [-0.2, -0.15) is 4.31 Å². The summed E-state index contributed by atoms with van der Waals surface area (Å²) in [4.78, 5) is 25.9. The van der Waals surface area contributed by atoms with Crippen molar-refractivity contribution in [3.63, 3.8) is 0 Å². The molecule has 0 bridgehead atoms. The Morgan fingerprint density at radius 3 is 2.36 bits per heavy atom. The van der Waals surface area contributed by atoms with E-state index in [1.807, 2.05) is 30.0 Å². The van der Waals surface area contributed by atoms with E-state index in [1.54, 1.807) is 19.1 Å². The van der Waals surface area contributed by atoms with E-state index in [0.29, 0.717) is 32.7 Å². The lowest BCUT2D eigenvalue weighted by atomic mass is 10.2. The summed E-state index contributed by atoms with van der Waals surface area (Å²) >= 11 is 0. The molecule has 0 unspecified atom stereocenters. The van der Waals surface area contributed by atoms with Gasteiger partial charge in [-0.15, -0.1) is 0 Å². The molecule has 2 amide bonds. The van der Waals surface area contributed by atoms with Crippen LogP contribution in [0.4, 0.5) is 0 Å². The Bertz CT molecular complexity index is 746. The number of piperazine rings is 1. The Kier molecular flexibility index (Phi) is 8.40. The molecule has 1 heterocycles. The number of amides is 2. The van der Waals surface area contributed by atoms with Gasteiger partial charge >= 0.3 is 0 Å². The van der Waals surface area contributed by atoms with E-state index < -0.39 is 16.1 Å². The van der Waals surface area contributed by atoms with Crippen molar-refractivity contribution in [1.29, 1.82) is 0 Å². The van der Waals surface area contributed by atoms with Gasteiger partial charge in [0.1, 0.15) is 6.04 Å². The van der Waals surface area contributed by atoms with Crippen molar-refractivity contribution in [3.05, 3.63) is 35.9 Å². The van der Waals surface area contributed by atoms with Crippen molar-refractivity contribution in [2.75, 3.05) is 39.3 Å². The summed E-state index contributed by atoms with van der Waals surface area (Å²) in [6, 6.07) is 8.52. The van der Waals surface area contributed by atoms with E-state index >= 15 is 0 Å². The van der Waals surface area contributed by atoms with Crippen LogP contribution in [0.2, 0.25) is 0 Å². The van der Waals surface area contributed by atoms with Crippen LogP contribution in [0.15, 0.2) is 30.3 Å². The van der Waals surface area contributed by atoms with E-state index in [9.17, 15) is 18.0 Å². The molecule has 1 aliphatic rings. The number of rotatable bonds is 9. The molecule has 1 aromatic carbocycles. The van der Waals surface area contributed by atoms with Gasteiger partial charge in [0.2, 0.25) is 21.8 Å². The van der Waals surface area contributed by atoms with Crippen molar-refractivity contribution in [2.45, 2.75) is 32.1 Å². The second kappa shape index (κ2) is 10.5. The summed E-state index contributed by atoms with van der Waals surface area (Å²) in [6.45, 7) is 6.02. The number of sulfonamides is 1. The second-order valence-electron chi connectivity index (χ2n) is 7.00. The zero-order valence-corrected chi connectivity index (χ0v) is 17.4. The van der Waals surface area contributed by atoms with Crippen LogP contribution < -0.4 is 10.6 Å². The summed E-state index contributed by atoms with van der Waals surface area (Å²) in [5.74, 6) is -0.453. The summed E-state index contributed by atoms with van der Waals surface area (Å²) in [6.07, 6.45) is 0.837. The van der Waals surface area contributed by atoms with Crippen LogP contribution in [-0.4, -0.2) is 74.7 Å². The molecule has 0 saturated carbocycles. The maximum Gasteiger partial charge on any atom is 0.242 e. The predicted octanol–water partition coefficient (Wildman–Crippen LogP) is 0.165. The largest absolute Gasteiger partial charge is 0.354 e. The van der Waals surface area contributed by atoms with Crippen LogP contribution in [0.1, 0.15) is 25.8 Å². The van der Waals surface area contributed by atoms with Crippen molar-refractivity contribution in [3.8, 4) is 0 Å². The van der Waals surface area contributed by atoms with Crippen LogP contribution in [0.5, 0.6) is 0 Å². The van der Waals surface area contributed by atoms with Gasteiger partial charge in [0.25, 0.3) is 0 Å². The molecule has 0 radical (unpaired) electrons. The molecular weight excluding hydrogens is 380 g/mol. The number of hydrogen-bond acceptors (Lipinski definition) is 5. The van der Waals surface area contributed by atoms with Crippen molar-refractivity contribution < 1.29 is 18.0 Å². The predicted molar refractivity (Wildman–Crippen MR) is 108 cm³/mol. The summed E-state index contributed by atoms with van der Waals surface area (Å²) < 4.78 is 26.6. The number of nitrogens with one attached hydrogen (secondary N) is 2. The lowest BCUT2D eigenvalue weighted by Gasteiger charge is -2.33. The van der Waals surface area contributed by atoms with Gasteiger partial charge in [-0.3, -0.25) is 14.5 Å². The average Bonchev–Trinajstić information content (AvgIpc) is 2.66. The molecule has 28 heavy (non-hydrogen) atoms. The molecule has 1 aromatic rings.